The Labute approximate surface area is 143 Å². The van der Waals surface area contributed by atoms with Crippen molar-refractivity contribution in [2.75, 3.05) is 4.90 Å². The van der Waals surface area contributed by atoms with Crippen LogP contribution in [0.4, 0.5) is 10.5 Å². The van der Waals surface area contributed by atoms with E-state index >= 15 is 0 Å². The Balaban J connectivity index is 1.92. The first-order chi connectivity index (χ1) is 11.1. The van der Waals surface area contributed by atoms with Crippen molar-refractivity contribution in [1.82, 2.24) is 0 Å². The summed E-state index contributed by atoms with van der Waals surface area (Å²) >= 11 is 7.04. The lowest BCUT2D eigenvalue weighted by molar-refractivity contribution is -0.113. The first-order valence-electron chi connectivity index (χ1n) is 7.21. The lowest BCUT2D eigenvalue weighted by Crippen LogP contribution is -2.27. The first-order valence-corrected chi connectivity index (χ1v) is 8.41. The van der Waals surface area contributed by atoms with E-state index in [1.165, 1.54) is 4.90 Å². The van der Waals surface area contributed by atoms with Crippen LogP contribution in [0.5, 0.6) is 0 Å². The molecule has 1 saturated heterocycles. The van der Waals surface area contributed by atoms with Crippen molar-refractivity contribution in [3.63, 3.8) is 0 Å². The lowest BCUT2D eigenvalue weighted by Gasteiger charge is -2.12. The molecule has 1 heterocycles. The van der Waals surface area contributed by atoms with Gasteiger partial charge in [0.05, 0.1) is 10.6 Å². The molecule has 23 heavy (non-hydrogen) atoms. The van der Waals surface area contributed by atoms with Crippen molar-refractivity contribution >= 4 is 46.3 Å². The number of carbonyl (C=O) groups is 2. The fraction of sp³-hybridized carbons (Fsp3) is 0.111. The van der Waals surface area contributed by atoms with Crippen molar-refractivity contribution in [3.8, 4) is 0 Å². The number of hydrogen-bond donors (Lipinski definition) is 0. The van der Waals surface area contributed by atoms with Crippen molar-refractivity contribution in [2.45, 2.75) is 13.3 Å². The molecule has 0 saturated carbocycles. The van der Waals surface area contributed by atoms with Crippen molar-refractivity contribution < 1.29 is 9.59 Å². The van der Waals surface area contributed by atoms with Gasteiger partial charge < -0.3 is 0 Å². The quantitative estimate of drug-likeness (QED) is 0.724. The summed E-state index contributed by atoms with van der Waals surface area (Å²) in [5, 5.41) is 0.254. The molecule has 116 valence electrons. The molecule has 3 rings (SSSR count). The second-order valence-electron chi connectivity index (χ2n) is 5.06. The predicted molar refractivity (Wildman–Crippen MR) is 95.7 cm³/mol. The van der Waals surface area contributed by atoms with Gasteiger partial charge in [0, 0.05) is 5.02 Å². The first kappa shape index (κ1) is 15.8. The van der Waals surface area contributed by atoms with Crippen LogP contribution in [0.2, 0.25) is 5.02 Å². The minimum absolute atomic E-state index is 0.294. The van der Waals surface area contributed by atoms with E-state index in [-0.39, 0.29) is 11.1 Å². The summed E-state index contributed by atoms with van der Waals surface area (Å²) in [7, 11) is 0. The maximum Gasteiger partial charge on any atom is 0.298 e. The van der Waals surface area contributed by atoms with Gasteiger partial charge in [-0.3, -0.25) is 9.59 Å². The van der Waals surface area contributed by atoms with E-state index < -0.39 is 0 Å². The van der Waals surface area contributed by atoms with E-state index in [9.17, 15) is 9.59 Å². The van der Waals surface area contributed by atoms with Gasteiger partial charge in [-0.25, -0.2) is 4.90 Å². The van der Waals surface area contributed by atoms with Gasteiger partial charge in [-0.05, 0) is 53.6 Å². The van der Waals surface area contributed by atoms with E-state index in [2.05, 4.69) is 6.92 Å². The van der Waals surface area contributed by atoms with Gasteiger partial charge in [-0.15, -0.1) is 0 Å². The van der Waals surface area contributed by atoms with Gasteiger partial charge >= 0.3 is 0 Å². The molecule has 0 spiro atoms. The zero-order chi connectivity index (χ0) is 16.4. The third kappa shape index (κ3) is 3.19. The number of thioether (sulfide) groups is 1. The average molecular weight is 344 g/mol. The molecule has 0 aliphatic carbocycles. The van der Waals surface area contributed by atoms with E-state index in [0.29, 0.717) is 15.6 Å². The summed E-state index contributed by atoms with van der Waals surface area (Å²) in [5.41, 5.74) is 2.47. The highest BCUT2D eigenvalue weighted by atomic mass is 35.5. The molecule has 5 heteroatoms. The third-order valence-electron chi connectivity index (χ3n) is 3.59. The standard InChI is InChI=1S/C18H14ClNO2S/c1-2-12-7-9-14(10-8-12)20-17(21)16(23-18(20)22)11-13-5-3-4-6-15(13)19/h3-11H,2H2,1H3/b16-11-. The summed E-state index contributed by atoms with van der Waals surface area (Å²) in [5.74, 6) is -0.316. The monoisotopic (exact) mass is 343 g/mol. The maximum atomic E-state index is 12.6. The molecule has 0 unspecified atom stereocenters. The Bertz CT molecular complexity index is 799. The van der Waals surface area contributed by atoms with Crippen LogP contribution < -0.4 is 4.90 Å². The third-order valence-corrected chi connectivity index (χ3v) is 4.80. The summed E-state index contributed by atoms with van der Waals surface area (Å²) in [6.07, 6.45) is 2.57. The molecule has 1 aliphatic heterocycles. The highest BCUT2D eigenvalue weighted by molar-refractivity contribution is 8.19. The highest BCUT2D eigenvalue weighted by Gasteiger charge is 2.36. The molecule has 0 atom stereocenters. The molecule has 2 aromatic carbocycles. The number of anilines is 1. The van der Waals surface area contributed by atoms with Gasteiger partial charge in [0.2, 0.25) is 0 Å². The van der Waals surface area contributed by atoms with E-state index in [1.807, 2.05) is 30.3 Å². The Morgan fingerprint density at radius 1 is 1.09 bits per heavy atom. The summed E-state index contributed by atoms with van der Waals surface area (Å²) < 4.78 is 0. The van der Waals surface area contributed by atoms with Gasteiger partial charge in [0.1, 0.15) is 0 Å². The highest BCUT2D eigenvalue weighted by Crippen LogP contribution is 2.36. The Kier molecular flexibility index (Phi) is 4.55. The van der Waals surface area contributed by atoms with Crippen LogP contribution in [0.25, 0.3) is 6.08 Å². The minimum atomic E-state index is -0.316. The van der Waals surface area contributed by atoms with E-state index in [4.69, 9.17) is 11.6 Å². The topological polar surface area (TPSA) is 37.4 Å². The Morgan fingerprint density at radius 3 is 2.43 bits per heavy atom. The molecule has 2 amide bonds. The van der Waals surface area contributed by atoms with Gasteiger partial charge in [-0.2, -0.15) is 0 Å². The van der Waals surface area contributed by atoms with E-state index in [1.54, 1.807) is 24.3 Å². The van der Waals surface area contributed by atoms with Crippen LogP contribution in [-0.2, 0) is 11.2 Å². The summed E-state index contributed by atoms with van der Waals surface area (Å²) in [4.78, 5) is 26.4. The predicted octanol–water partition coefficient (Wildman–Crippen LogP) is 5.14. The Morgan fingerprint density at radius 2 is 1.78 bits per heavy atom. The zero-order valence-corrected chi connectivity index (χ0v) is 14.0. The fourth-order valence-electron chi connectivity index (χ4n) is 2.30. The van der Waals surface area contributed by atoms with Crippen LogP contribution in [0, 0.1) is 0 Å². The Hall–Kier alpha value is -2.04. The largest absolute Gasteiger partial charge is 0.298 e. The number of imide groups is 1. The molecule has 1 aliphatic rings. The molecular formula is C18H14ClNO2S. The number of nitrogens with zero attached hydrogens (tertiary/aromatic N) is 1. The molecule has 2 aromatic rings. The number of carbonyl (C=O) groups excluding carboxylic acids is 2. The van der Waals surface area contributed by atoms with Gasteiger partial charge in [0.25, 0.3) is 11.1 Å². The second kappa shape index (κ2) is 6.60. The number of benzene rings is 2. The molecule has 3 nitrogen and oxygen atoms in total. The molecule has 0 N–H and O–H groups in total. The molecule has 0 radical (unpaired) electrons. The average Bonchev–Trinajstić information content (AvgIpc) is 2.84. The van der Waals surface area contributed by atoms with E-state index in [0.717, 1.165) is 29.3 Å². The fourth-order valence-corrected chi connectivity index (χ4v) is 3.33. The minimum Gasteiger partial charge on any atom is -0.268 e. The van der Waals surface area contributed by atoms with Gasteiger partial charge in [-0.1, -0.05) is 48.9 Å². The molecule has 1 fully saturated rings. The SMILES string of the molecule is CCc1ccc(N2C(=O)S/C(=C\c3ccccc3Cl)C2=O)cc1. The smallest absolute Gasteiger partial charge is 0.268 e. The van der Waals surface area contributed by atoms with Crippen LogP contribution in [0.1, 0.15) is 18.1 Å². The number of amides is 2. The molecule has 0 bridgehead atoms. The summed E-state index contributed by atoms with van der Waals surface area (Å²) in [6.45, 7) is 2.06. The van der Waals surface area contributed by atoms with Crippen molar-refractivity contribution in [2.24, 2.45) is 0 Å². The lowest BCUT2D eigenvalue weighted by atomic mass is 10.1. The van der Waals surface area contributed by atoms with Crippen molar-refractivity contribution in [1.29, 1.82) is 0 Å². The maximum absolute atomic E-state index is 12.6. The number of aryl methyl sites for hydroxylation is 1. The van der Waals surface area contributed by atoms with Gasteiger partial charge in [0.15, 0.2) is 0 Å². The van der Waals surface area contributed by atoms with Crippen LogP contribution in [0.15, 0.2) is 53.4 Å². The second-order valence-corrected chi connectivity index (χ2v) is 6.46. The molecular weight excluding hydrogens is 330 g/mol. The molecule has 0 aromatic heterocycles. The normalized spacial score (nSPS) is 16.4. The zero-order valence-electron chi connectivity index (χ0n) is 12.5. The van der Waals surface area contributed by atoms with Crippen LogP contribution in [-0.4, -0.2) is 11.1 Å². The van der Waals surface area contributed by atoms with Crippen LogP contribution >= 0.6 is 23.4 Å². The van der Waals surface area contributed by atoms with Crippen LogP contribution in [0.3, 0.4) is 0 Å². The number of rotatable bonds is 3. The number of halogens is 1. The summed E-state index contributed by atoms with van der Waals surface area (Å²) in [6, 6.07) is 14.7. The number of hydrogen-bond acceptors (Lipinski definition) is 3. The van der Waals surface area contributed by atoms with Crippen molar-refractivity contribution in [3.05, 3.63) is 69.6 Å².